The van der Waals surface area contributed by atoms with Crippen LogP contribution in [0.4, 0.5) is 39.8 Å². The number of hydrogen-bond donors (Lipinski definition) is 3. The number of imide groups is 1. The average molecular weight is 529 g/mol. The Morgan fingerprint density at radius 2 is 1.71 bits per heavy atom. The van der Waals surface area contributed by atoms with Gasteiger partial charge >= 0.3 is 24.2 Å². The van der Waals surface area contributed by atoms with Crippen molar-refractivity contribution in [1.82, 2.24) is 9.88 Å². The minimum Gasteiger partial charge on any atom is -0.477 e. The molecule has 3 aromatic rings. The van der Waals surface area contributed by atoms with Crippen LogP contribution < -0.4 is 20.3 Å². The van der Waals surface area contributed by atoms with E-state index in [1.54, 1.807) is 0 Å². The topological polar surface area (TPSA) is 141 Å². The first-order valence-corrected chi connectivity index (χ1v) is 10.8. The van der Waals surface area contributed by atoms with E-state index in [0.29, 0.717) is 22.8 Å². The highest BCUT2D eigenvalue weighted by atomic mass is 19.4. The number of likely N-dealkylation sites (N-methyl/N-ethyl adjacent to an activating group) is 1. The molecule has 0 bridgehead atoms. The van der Waals surface area contributed by atoms with Crippen molar-refractivity contribution in [1.29, 1.82) is 0 Å². The third-order valence-corrected chi connectivity index (χ3v) is 5.25. The quantitative estimate of drug-likeness (QED) is 0.395. The predicted octanol–water partition coefficient (Wildman–Crippen LogP) is 4.63. The molecule has 1 aromatic heterocycles. The zero-order valence-corrected chi connectivity index (χ0v) is 19.4. The Balaban J connectivity index is 1.50. The number of aromatic carboxylic acids is 1. The average Bonchev–Trinajstić information content (AvgIpc) is 3.10. The molecule has 1 aliphatic heterocycles. The number of anilines is 3. The summed E-state index contributed by atoms with van der Waals surface area (Å²) in [5.74, 6) is -1.38. The number of carbonyl (C=O) groups excluding carboxylic acids is 3. The molecule has 2 heterocycles. The van der Waals surface area contributed by atoms with E-state index in [1.807, 2.05) is 0 Å². The highest BCUT2D eigenvalue weighted by Crippen LogP contribution is 2.37. The number of carbonyl (C=O) groups is 4. The molecule has 11 nitrogen and oxygen atoms in total. The molecule has 1 saturated heterocycles. The minimum absolute atomic E-state index is 0.213. The highest BCUT2D eigenvalue weighted by molar-refractivity contribution is 6.21. The van der Waals surface area contributed by atoms with Crippen molar-refractivity contribution < 1.29 is 42.2 Å². The Labute approximate surface area is 212 Å². The van der Waals surface area contributed by atoms with Gasteiger partial charge in [-0.2, -0.15) is 13.2 Å². The number of aromatic nitrogens is 1. The van der Waals surface area contributed by atoms with E-state index < -0.39 is 41.4 Å². The number of ether oxygens (including phenoxy) is 1. The summed E-state index contributed by atoms with van der Waals surface area (Å²) < 4.78 is 45.5. The summed E-state index contributed by atoms with van der Waals surface area (Å²) in [7, 11) is 1.36. The monoisotopic (exact) mass is 529 g/mol. The number of halogens is 3. The van der Waals surface area contributed by atoms with Crippen molar-refractivity contribution in [2.24, 2.45) is 0 Å². The van der Waals surface area contributed by atoms with Crippen molar-refractivity contribution >= 4 is 41.0 Å². The normalized spacial score (nSPS) is 13.5. The van der Waals surface area contributed by atoms with Crippen LogP contribution in [-0.2, 0) is 11.0 Å². The summed E-state index contributed by atoms with van der Waals surface area (Å²) in [5.41, 5.74) is -1.68. The molecule has 0 saturated carbocycles. The molecule has 14 heteroatoms. The number of nitrogens with zero attached hydrogens (tertiary/aromatic N) is 3. The summed E-state index contributed by atoms with van der Waals surface area (Å²) in [6, 6.07) is 9.05. The lowest BCUT2D eigenvalue weighted by molar-refractivity contribution is -0.137. The van der Waals surface area contributed by atoms with Crippen LogP contribution in [0.5, 0.6) is 11.5 Å². The highest BCUT2D eigenvalue weighted by Gasteiger charge is 2.38. The number of hydrogen-bond acceptors (Lipinski definition) is 6. The molecule has 1 fully saturated rings. The Bertz CT molecular complexity index is 1430. The number of carboxylic acids is 1. The van der Waals surface area contributed by atoms with Gasteiger partial charge in [-0.15, -0.1) is 0 Å². The first-order chi connectivity index (χ1) is 17.9. The van der Waals surface area contributed by atoms with Crippen molar-refractivity contribution in [3.8, 4) is 11.5 Å². The zero-order chi connectivity index (χ0) is 27.6. The smallest absolute Gasteiger partial charge is 0.416 e. The molecule has 4 rings (SSSR count). The molecule has 196 valence electrons. The molecule has 0 radical (unpaired) electrons. The SMILES string of the molecule is CN1CC(=O)N(c2ccc(C(F)(F)F)cc2NC(=O)Nc2ccc(Oc3ccnc(C(=O)O)c3)cc2)C1=O. The Kier molecular flexibility index (Phi) is 6.88. The standard InChI is InChI=1S/C24H18F3N5O6/c1-31-12-20(33)32(23(31)37)19-7-2-13(24(25,26)27)10-17(19)30-22(36)29-14-3-5-15(6-4-14)38-16-8-9-28-18(11-16)21(34)35/h2-11H,12H2,1H3,(H,34,35)(H2,29,30,36). The van der Waals surface area contributed by atoms with Gasteiger partial charge in [0.1, 0.15) is 18.0 Å². The number of rotatable bonds is 6. The lowest BCUT2D eigenvalue weighted by Gasteiger charge is -2.20. The lowest BCUT2D eigenvalue weighted by Crippen LogP contribution is -2.33. The molecule has 5 amide bonds. The number of amides is 5. The molecule has 0 spiro atoms. The maximum absolute atomic E-state index is 13.3. The first-order valence-electron chi connectivity index (χ1n) is 10.8. The van der Waals surface area contributed by atoms with E-state index >= 15 is 0 Å². The zero-order valence-electron chi connectivity index (χ0n) is 19.4. The van der Waals surface area contributed by atoms with Gasteiger partial charge in [-0.1, -0.05) is 0 Å². The van der Waals surface area contributed by atoms with Crippen LogP contribution in [0.1, 0.15) is 16.1 Å². The van der Waals surface area contributed by atoms with Crippen molar-refractivity contribution in [2.75, 3.05) is 29.1 Å². The fourth-order valence-electron chi connectivity index (χ4n) is 3.48. The van der Waals surface area contributed by atoms with Crippen LogP contribution in [0.25, 0.3) is 0 Å². The minimum atomic E-state index is -4.74. The third kappa shape index (κ3) is 5.64. The van der Waals surface area contributed by atoms with Gasteiger partial charge in [0, 0.05) is 25.0 Å². The summed E-state index contributed by atoms with van der Waals surface area (Å²) >= 11 is 0. The molecule has 1 aliphatic rings. The number of pyridine rings is 1. The second-order valence-electron chi connectivity index (χ2n) is 7.98. The van der Waals surface area contributed by atoms with E-state index in [-0.39, 0.29) is 29.4 Å². The molecule has 3 N–H and O–H groups in total. The van der Waals surface area contributed by atoms with Crippen LogP contribution in [-0.4, -0.2) is 52.5 Å². The molecule has 0 unspecified atom stereocenters. The second kappa shape index (κ2) is 10.1. The largest absolute Gasteiger partial charge is 0.477 e. The second-order valence-corrected chi connectivity index (χ2v) is 7.98. The Morgan fingerprint density at radius 3 is 2.32 bits per heavy atom. The van der Waals surface area contributed by atoms with E-state index in [1.165, 1.54) is 49.6 Å². The van der Waals surface area contributed by atoms with Gasteiger partial charge in [-0.25, -0.2) is 24.3 Å². The van der Waals surface area contributed by atoms with Gasteiger partial charge < -0.3 is 25.4 Å². The number of benzene rings is 2. The lowest BCUT2D eigenvalue weighted by atomic mass is 10.1. The van der Waals surface area contributed by atoms with Gasteiger partial charge in [0.2, 0.25) is 0 Å². The van der Waals surface area contributed by atoms with E-state index in [9.17, 15) is 32.3 Å². The van der Waals surface area contributed by atoms with Crippen molar-refractivity contribution in [3.63, 3.8) is 0 Å². The summed E-state index contributed by atoms with van der Waals surface area (Å²) in [5, 5.41) is 13.7. The van der Waals surface area contributed by atoms with Crippen LogP contribution in [0.2, 0.25) is 0 Å². The summed E-state index contributed by atoms with van der Waals surface area (Å²) in [6.07, 6.45) is -3.47. The molecule has 0 atom stereocenters. The Hall–Kier alpha value is -5.14. The Morgan fingerprint density at radius 1 is 1.00 bits per heavy atom. The molecule has 2 aromatic carbocycles. The predicted molar refractivity (Wildman–Crippen MR) is 127 cm³/mol. The van der Waals surface area contributed by atoms with E-state index in [0.717, 1.165) is 11.0 Å². The maximum Gasteiger partial charge on any atom is 0.416 e. The van der Waals surface area contributed by atoms with Crippen LogP contribution in [0.15, 0.2) is 60.8 Å². The maximum atomic E-state index is 13.3. The van der Waals surface area contributed by atoms with Gasteiger partial charge in [-0.05, 0) is 48.5 Å². The van der Waals surface area contributed by atoms with Gasteiger partial charge in [-0.3, -0.25) is 4.79 Å². The van der Waals surface area contributed by atoms with Crippen LogP contribution in [0, 0.1) is 0 Å². The summed E-state index contributed by atoms with van der Waals surface area (Å²) in [4.78, 5) is 53.8. The summed E-state index contributed by atoms with van der Waals surface area (Å²) in [6.45, 7) is -0.267. The van der Waals surface area contributed by atoms with Crippen molar-refractivity contribution in [2.45, 2.75) is 6.18 Å². The fourth-order valence-corrected chi connectivity index (χ4v) is 3.48. The van der Waals surface area contributed by atoms with Gasteiger partial charge in [0.25, 0.3) is 5.91 Å². The fraction of sp³-hybridized carbons (Fsp3) is 0.125. The molecular formula is C24H18F3N5O6. The first kappa shape index (κ1) is 25.9. The van der Waals surface area contributed by atoms with E-state index in [4.69, 9.17) is 9.84 Å². The van der Waals surface area contributed by atoms with Crippen molar-refractivity contribution in [3.05, 3.63) is 72.1 Å². The number of alkyl halides is 3. The number of nitrogens with one attached hydrogen (secondary N) is 2. The van der Waals surface area contributed by atoms with Crippen LogP contribution >= 0.6 is 0 Å². The molecule has 38 heavy (non-hydrogen) atoms. The van der Waals surface area contributed by atoms with Gasteiger partial charge in [0.15, 0.2) is 5.69 Å². The molecule has 0 aliphatic carbocycles. The van der Waals surface area contributed by atoms with E-state index in [2.05, 4.69) is 15.6 Å². The third-order valence-electron chi connectivity index (χ3n) is 5.25. The molecular weight excluding hydrogens is 511 g/mol. The van der Waals surface area contributed by atoms with Gasteiger partial charge in [0.05, 0.1) is 16.9 Å². The number of urea groups is 2. The van der Waals surface area contributed by atoms with Crippen LogP contribution in [0.3, 0.4) is 0 Å². The number of carboxylic acid groups (broad SMARTS) is 1.